The first-order chi connectivity index (χ1) is 8.71. The van der Waals surface area contributed by atoms with Crippen molar-refractivity contribution in [3.8, 4) is 0 Å². The highest BCUT2D eigenvalue weighted by Crippen LogP contribution is 2.34. The van der Waals surface area contributed by atoms with Gasteiger partial charge >= 0.3 is 0 Å². The zero-order chi connectivity index (χ0) is 12.6. The minimum atomic E-state index is -0.204. The molecule has 0 spiro atoms. The fourth-order valence-corrected chi connectivity index (χ4v) is 2.85. The highest BCUT2D eigenvalue weighted by Gasteiger charge is 2.42. The van der Waals surface area contributed by atoms with Crippen LogP contribution >= 0.6 is 0 Å². The van der Waals surface area contributed by atoms with Crippen molar-refractivity contribution in [3.05, 3.63) is 30.1 Å². The molecular weight excluding hydrogens is 229 g/mol. The van der Waals surface area contributed by atoms with E-state index >= 15 is 0 Å². The highest BCUT2D eigenvalue weighted by atomic mass is 19.1. The molecule has 2 fully saturated rings. The summed E-state index contributed by atoms with van der Waals surface area (Å²) in [5.74, 6) is -0.204. The third-order valence-electron chi connectivity index (χ3n) is 4.07. The van der Waals surface area contributed by atoms with Gasteiger partial charge in [-0.3, -0.25) is 4.90 Å². The number of nitrogens with zero attached hydrogens (tertiary/aromatic N) is 1. The molecule has 18 heavy (non-hydrogen) atoms. The van der Waals surface area contributed by atoms with Crippen LogP contribution in [0.15, 0.2) is 24.3 Å². The summed E-state index contributed by atoms with van der Waals surface area (Å²) < 4.78 is 13.2. The van der Waals surface area contributed by atoms with Gasteiger partial charge in [-0.2, -0.15) is 0 Å². The summed E-state index contributed by atoms with van der Waals surface area (Å²) in [5.41, 5.74) is 6.70. The Balaban J connectivity index is 1.72. The van der Waals surface area contributed by atoms with Gasteiger partial charge in [0, 0.05) is 31.4 Å². The molecule has 4 heteroatoms. The van der Waals surface area contributed by atoms with E-state index in [1.165, 1.54) is 25.0 Å². The minimum Gasteiger partial charge on any atom is -0.377 e. The van der Waals surface area contributed by atoms with E-state index in [0.29, 0.717) is 6.54 Å². The molecule has 0 aromatic heterocycles. The Labute approximate surface area is 107 Å². The number of hydrogen-bond donors (Lipinski definition) is 2. The Morgan fingerprint density at radius 1 is 1.44 bits per heavy atom. The molecule has 1 aromatic rings. The smallest absolute Gasteiger partial charge is 0.125 e. The molecule has 0 amide bonds. The average Bonchev–Trinajstić information content (AvgIpc) is 3.12. The van der Waals surface area contributed by atoms with Crippen molar-refractivity contribution >= 4 is 5.69 Å². The van der Waals surface area contributed by atoms with Crippen molar-refractivity contribution in [3.63, 3.8) is 0 Å². The lowest BCUT2D eigenvalue weighted by Gasteiger charge is -2.30. The summed E-state index contributed by atoms with van der Waals surface area (Å²) in [5, 5.41) is 3.45. The lowest BCUT2D eigenvalue weighted by atomic mass is 9.98. The first-order valence-electron chi connectivity index (χ1n) is 6.69. The van der Waals surface area contributed by atoms with Gasteiger partial charge in [-0.05, 0) is 37.5 Å². The minimum absolute atomic E-state index is 0.0869. The number of anilines is 1. The van der Waals surface area contributed by atoms with Crippen LogP contribution in [0, 0.1) is 5.82 Å². The predicted molar refractivity (Wildman–Crippen MR) is 71.0 cm³/mol. The Hall–Kier alpha value is -1.13. The van der Waals surface area contributed by atoms with E-state index in [0.717, 1.165) is 31.2 Å². The van der Waals surface area contributed by atoms with Crippen LogP contribution in [-0.2, 0) is 0 Å². The van der Waals surface area contributed by atoms with Gasteiger partial charge in [0.15, 0.2) is 0 Å². The molecule has 1 atom stereocenters. The Bertz CT molecular complexity index is 433. The zero-order valence-corrected chi connectivity index (χ0v) is 10.5. The number of hydrogen-bond acceptors (Lipinski definition) is 3. The molecule has 1 aromatic carbocycles. The Morgan fingerprint density at radius 2 is 2.28 bits per heavy atom. The van der Waals surface area contributed by atoms with E-state index in [2.05, 4.69) is 10.2 Å². The van der Waals surface area contributed by atoms with Crippen LogP contribution in [-0.4, -0.2) is 36.1 Å². The molecule has 0 bridgehead atoms. The van der Waals surface area contributed by atoms with Gasteiger partial charge in [-0.25, -0.2) is 4.39 Å². The second kappa shape index (κ2) is 4.52. The second-order valence-electron chi connectivity index (χ2n) is 5.57. The molecule has 1 unspecified atom stereocenters. The number of likely N-dealkylation sites (tertiary alicyclic amines) is 1. The standard InChI is InChI=1S/C14H20FN3/c15-11-2-1-3-12(8-11)17-14(9-16)6-7-18(10-14)13-4-5-13/h1-3,8,13,17H,4-7,9-10,16H2. The van der Waals surface area contributed by atoms with Crippen molar-refractivity contribution in [1.29, 1.82) is 0 Å². The maximum Gasteiger partial charge on any atom is 0.125 e. The molecule has 1 aliphatic carbocycles. The molecule has 1 aliphatic heterocycles. The monoisotopic (exact) mass is 249 g/mol. The van der Waals surface area contributed by atoms with E-state index in [4.69, 9.17) is 5.73 Å². The first-order valence-corrected chi connectivity index (χ1v) is 6.69. The van der Waals surface area contributed by atoms with Crippen LogP contribution in [0.2, 0.25) is 0 Å². The number of nitrogens with one attached hydrogen (secondary N) is 1. The molecule has 0 radical (unpaired) electrons. The maximum absolute atomic E-state index is 13.2. The fourth-order valence-electron chi connectivity index (χ4n) is 2.85. The maximum atomic E-state index is 13.2. The van der Waals surface area contributed by atoms with Crippen LogP contribution < -0.4 is 11.1 Å². The van der Waals surface area contributed by atoms with Gasteiger partial charge in [0.2, 0.25) is 0 Å². The van der Waals surface area contributed by atoms with Crippen LogP contribution in [0.25, 0.3) is 0 Å². The largest absolute Gasteiger partial charge is 0.377 e. The van der Waals surface area contributed by atoms with Crippen LogP contribution in [0.5, 0.6) is 0 Å². The van der Waals surface area contributed by atoms with E-state index in [1.54, 1.807) is 6.07 Å². The van der Waals surface area contributed by atoms with Gasteiger partial charge in [0.1, 0.15) is 5.82 Å². The van der Waals surface area contributed by atoms with Crippen LogP contribution in [0.4, 0.5) is 10.1 Å². The van der Waals surface area contributed by atoms with Gasteiger partial charge in [0.05, 0.1) is 5.54 Å². The van der Waals surface area contributed by atoms with E-state index < -0.39 is 0 Å². The van der Waals surface area contributed by atoms with Crippen molar-refractivity contribution < 1.29 is 4.39 Å². The Kier molecular flexibility index (Phi) is 2.99. The molecule has 3 nitrogen and oxygen atoms in total. The van der Waals surface area contributed by atoms with E-state index in [1.807, 2.05) is 6.07 Å². The molecule has 1 heterocycles. The fraction of sp³-hybridized carbons (Fsp3) is 0.571. The summed E-state index contributed by atoms with van der Waals surface area (Å²) >= 11 is 0. The lowest BCUT2D eigenvalue weighted by molar-refractivity contribution is 0.309. The molecular formula is C14H20FN3. The number of halogens is 1. The van der Waals surface area contributed by atoms with Gasteiger partial charge in [0.25, 0.3) is 0 Å². The third-order valence-corrected chi connectivity index (χ3v) is 4.07. The Morgan fingerprint density at radius 3 is 2.94 bits per heavy atom. The number of rotatable bonds is 4. The summed E-state index contributed by atoms with van der Waals surface area (Å²) in [7, 11) is 0. The first kappa shape index (κ1) is 11.9. The number of benzene rings is 1. The predicted octanol–water partition coefficient (Wildman–Crippen LogP) is 1.80. The molecule has 1 saturated carbocycles. The molecule has 98 valence electrons. The summed E-state index contributed by atoms with van der Waals surface area (Å²) in [4.78, 5) is 2.51. The molecule has 3 N–H and O–H groups in total. The topological polar surface area (TPSA) is 41.3 Å². The van der Waals surface area contributed by atoms with Crippen LogP contribution in [0.3, 0.4) is 0 Å². The second-order valence-corrected chi connectivity index (χ2v) is 5.57. The lowest BCUT2D eigenvalue weighted by Crippen LogP contribution is -2.48. The van der Waals surface area contributed by atoms with Gasteiger partial charge in [-0.15, -0.1) is 0 Å². The third kappa shape index (κ3) is 2.35. The van der Waals surface area contributed by atoms with Gasteiger partial charge in [-0.1, -0.05) is 6.07 Å². The summed E-state index contributed by atoms with van der Waals surface area (Å²) in [6.45, 7) is 2.67. The van der Waals surface area contributed by atoms with Crippen molar-refractivity contribution in [2.24, 2.45) is 5.73 Å². The van der Waals surface area contributed by atoms with E-state index in [9.17, 15) is 4.39 Å². The van der Waals surface area contributed by atoms with Crippen molar-refractivity contribution in [2.45, 2.75) is 30.8 Å². The summed E-state index contributed by atoms with van der Waals surface area (Å²) in [6.07, 6.45) is 3.68. The number of nitrogens with two attached hydrogens (primary N) is 1. The van der Waals surface area contributed by atoms with Gasteiger partial charge < -0.3 is 11.1 Å². The SMILES string of the molecule is NCC1(Nc2cccc(F)c2)CCN(C2CC2)C1. The van der Waals surface area contributed by atoms with Crippen LogP contribution in [0.1, 0.15) is 19.3 Å². The normalized spacial score (nSPS) is 28.6. The van der Waals surface area contributed by atoms with E-state index in [-0.39, 0.29) is 11.4 Å². The quantitative estimate of drug-likeness (QED) is 0.855. The highest BCUT2D eigenvalue weighted by molar-refractivity contribution is 5.46. The zero-order valence-electron chi connectivity index (χ0n) is 10.5. The molecule has 3 rings (SSSR count). The van der Waals surface area contributed by atoms with Crippen molar-refractivity contribution in [1.82, 2.24) is 4.90 Å². The van der Waals surface area contributed by atoms with Crippen molar-refractivity contribution in [2.75, 3.05) is 25.0 Å². The molecule has 2 aliphatic rings. The average molecular weight is 249 g/mol. The molecule has 1 saturated heterocycles. The summed E-state index contributed by atoms with van der Waals surface area (Å²) in [6, 6.07) is 7.41.